The normalized spacial score (nSPS) is 21.5. The maximum Gasteiger partial charge on any atom is 0.152 e. The number of hydrogen-bond donors (Lipinski definition) is 1. The third-order valence-electron chi connectivity index (χ3n) is 2.95. The highest BCUT2D eigenvalue weighted by molar-refractivity contribution is 7.91. The van der Waals surface area contributed by atoms with Gasteiger partial charge in [-0.05, 0) is 39.5 Å². The Bertz CT molecular complexity index is 265. The number of nitrogens with two attached hydrogens (primary N) is 1. The van der Waals surface area contributed by atoms with Gasteiger partial charge in [0.1, 0.15) is 0 Å². The maximum absolute atomic E-state index is 11.5. The zero-order chi connectivity index (χ0) is 10.1. The first-order chi connectivity index (χ1) is 5.86. The van der Waals surface area contributed by atoms with E-state index >= 15 is 0 Å². The second-order valence-corrected chi connectivity index (χ2v) is 7.06. The van der Waals surface area contributed by atoms with Gasteiger partial charge in [-0.2, -0.15) is 0 Å². The van der Waals surface area contributed by atoms with Crippen molar-refractivity contribution in [3.05, 3.63) is 0 Å². The van der Waals surface area contributed by atoms with Crippen LogP contribution >= 0.6 is 0 Å². The largest absolute Gasteiger partial charge is 0.325 e. The second kappa shape index (κ2) is 3.58. The summed E-state index contributed by atoms with van der Waals surface area (Å²) in [5.74, 6) is 0.251. The Morgan fingerprint density at radius 3 is 2.23 bits per heavy atom. The van der Waals surface area contributed by atoms with Crippen LogP contribution in [0.1, 0.15) is 39.5 Å². The fraction of sp³-hybridized carbons (Fsp3) is 1.00. The lowest BCUT2D eigenvalue weighted by molar-refractivity contribution is 0.241. The molecule has 78 valence electrons. The summed E-state index contributed by atoms with van der Waals surface area (Å²) in [5.41, 5.74) is 5.78. The number of rotatable bonds is 4. The monoisotopic (exact) mass is 205 g/mol. The fourth-order valence-corrected chi connectivity index (χ4v) is 2.62. The molecule has 0 radical (unpaired) electrons. The molecule has 13 heavy (non-hydrogen) atoms. The average molecular weight is 205 g/mol. The van der Waals surface area contributed by atoms with Gasteiger partial charge in [0.15, 0.2) is 9.84 Å². The summed E-state index contributed by atoms with van der Waals surface area (Å²) in [6.45, 7) is 3.44. The molecule has 3 nitrogen and oxygen atoms in total. The average Bonchev–Trinajstić information content (AvgIpc) is 1.97. The SMILES string of the molecule is CC(C)S(=O)(=O)CCC1(N)CCC1. The van der Waals surface area contributed by atoms with Crippen molar-refractivity contribution in [2.75, 3.05) is 5.75 Å². The van der Waals surface area contributed by atoms with Crippen molar-refractivity contribution in [3.63, 3.8) is 0 Å². The van der Waals surface area contributed by atoms with E-state index in [0.717, 1.165) is 19.3 Å². The van der Waals surface area contributed by atoms with Crippen LogP contribution in [-0.2, 0) is 9.84 Å². The van der Waals surface area contributed by atoms with Crippen molar-refractivity contribution in [1.29, 1.82) is 0 Å². The van der Waals surface area contributed by atoms with Gasteiger partial charge in [0.25, 0.3) is 0 Å². The van der Waals surface area contributed by atoms with E-state index in [4.69, 9.17) is 5.73 Å². The third kappa shape index (κ3) is 2.68. The van der Waals surface area contributed by atoms with Crippen LogP contribution in [0.15, 0.2) is 0 Å². The Kier molecular flexibility index (Phi) is 3.02. The topological polar surface area (TPSA) is 60.2 Å². The van der Waals surface area contributed by atoms with Crippen molar-refractivity contribution >= 4 is 9.84 Å². The van der Waals surface area contributed by atoms with E-state index < -0.39 is 9.84 Å². The summed E-state index contributed by atoms with van der Waals surface area (Å²) >= 11 is 0. The lowest BCUT2D eigenvalue weighted by atomic mass is 9.76. The molecule has 0 aromatic rings. The second-order valence-electron chi connectivity index (χ2n) is 4.38. The molecule has 0 amide bonds. The molecule has 0 spiro atoms. The molecular formula is C9H19NO2S. The van der Waals surface area contributed by atoms with Gasteiger partial charge in [0.2, 0.25) is 0 Å². The van der Waals surface area contributed by atoms with Gasteiger partial charge in [-0.25, -0.2) is 8.42 Å². The van der Waals surface area contributed by atoms with Crippen LogP contribution < -0.4 is 5.73 Å². The molecule has 0 unspecified atom stereocenters. The molecule has 4 heteroatoms. The van der Waals surface area contributed by atoms with E-state index in [9.17, 15) is 8.42 Å². The van der Waals surface area contributed by atoms with Crippen molar-refractivity contribution in [1.82, 2.24) is 0 Å². The molecule has 1 saturated carbocycles. The van der Waals surface area contributed by atoms with Crippen LogP contribution in [0.2, 0.25) is 0 Å². The first kappa shape index (κ1) is 11.0. The molecule has 0 atom stereocenters. The first-order valence-corrected chi connectivity index (χ1v) is 6.58. The van der Waals surface area contributed by atoms with Crippen LogP contribution in [0.3, 0.4) is 0 Å². The predicted molar refractivity (Wildman–Crippen MR) is 54.3 cm³/mol. The molecule has 1 rings (SSSR count). The highest BCUT2D eigenvalue weighted by atomic mass is 32.2. The lowest BCUT2D eigenvalue weighted by Crippen LogP contribution is -2.48. The van der Waals surface area contributed by atoms with E-state index in [0.29, 0.717) is 6.42 Å². The zero-order valence-corrected chi connectivity index (χ0v) is 9.23. The van der Waals surface area contributed by atoms with Crippen LogP contribution in [0.5, 0.6) is 0 Å². The van der Waals surface area contributed by atoms with Gasteiger partial charge in [-0.1, -0.05) is 0 Å². The van der Waals surface area contributed by atoms with Crippen LogP contribution in [0.25, 0.3) is 0 Å². The van der Waals surface area contributed by atoms with Gasteiger partial charge >= 0.3 is 0 Å². The summed E-state index contributed by atoms with van der Waals surface area (Å²) in [7, 11) is -2.89. The summed E-state index contributed by atoms with van der Waals surface area (Å²) in [6, 6.07) is 0. The Hall–Kier alpha value is -0.0900. The first-order valence-electron chi connectivity index (χ1n) is 4.86. The molecule has 0 aromatic heterocycles. The van der Waals surface area contributed by atoms with Crippen LogP contribution in [0.4, 0.5) is 0 Å². The molecule has 1 aliphatic rings. The minimum atomic E-state index is -2.89. The van der Waals surface area contributed by atoms with Gasteiger partial charge in [-0.15, -0.1) is 0 Å². The molecule has 0 bridgehead atoms. The minimum Gasteiger partial charge on any atom is -0.325 e. The molecular weight excluding hydrogens is 186 g/mol. The van der Waals surface area contributed by atoms with E-state index in [2.05, 4.69) is 0 Å². The lowest BCUT2D eigenvalue weighted by Gasteiger charge is -2.38. The van der Waals surface area contributed by atoms with Gasteiger partial charge < -0.3 is 5.73 Å². The minimum absolute atomic E-state index is 0.165. The number of hydrogen-bond acceptors (Lipinski definition) is 3. The van der Waals surface area contributed by atoms with Gasteiger partial charge in [0, 0.05) is 5.54 Å². The van der Waals surface area contributed by atoms with Crippen LogP contribution in [0, 0.1) is 0 Å². The molecule has 0 heterocycles. The summed E-state index contributed by atoms with van der Waals surface area (Å²) < 4.78 is 22.9. The molecule has 2 N–H and O–H groups in total. The Labute approximate surface area is 80.6 Å². The Morgan fingerprint density at radius 1 is 1.38 bits per heavy atom. The zero-order valence-electron chi connectivity index (χ0n) is 8.41. The van der Waals surface area contributed by atoms with Gasteiger partial charge in [0.05, 0.1) is 11.0 Å². The molecule has 0 aromatic carbocycles. The van der Waals surface area contributed by atoms with E-state index in [1.54, 1.807) is 13.8 Å². The molecule has 0 aliphatic heterocycles. The van der Waals surface area contributed by atoms with E-state index in [1.165, 1.54) is 0 Å². The van der Waals surface area contributed by atoms with Crippen molar-refractivity contribution < 1.29 is 8.42 Å². The number of sulfone groups is 1. The summed E-state index contributed by atoms with van der Waals surface area (Å²) in [6.07, 6.45) is 3.76. The molecule has 1 fully saturated rings. The summed E-state index contributed by atoms with van der Waals surface area (Å²) in [4.78, 5) is 0. The maximum atomic E-state index is 11.5. The quantitative estimate of drug-likeness (QED) is 0.747. The molecule has 0 saturated heterocycles. The summed E-state index contributed by atoms with van der Waals surface area (Å²) in [5, 5.41) is -0.267. The predicted octanol–water partition coefficient (Wildman–Crippen LogP) is 1.08. The molecule has 1 aliphatic carbocycles. The fourth-order valence-electron chi connectivity index (χ4n) is 1.46. The van der Waals surface area contributed by atoms with Crippen molar-refractivity contribution in [2.24, 2.45) is 5.73 Å². The standard InChI is InChI=1S/C9H19NO2S/c1-8(2)13(11,12)7-6-9(10)4-3-5-9/h8H,3-7,10H2,1-2H3. The van der Waals surface area contributed by atoms with Crippen molar-refractivity contribution in [2.45, 2.75) is 50.3 Å². The highest BCUT2D eigenvalue weighted by Gasteiger charge is 2.33. The van der Waals surface area contributed by atoms with Crippen LogP contribution in [-0.4, -0.2) is 25.0 Å². The third-order valence-corrected chi connectivity index (χ3v) is 5.16. The smallest absolute Gasteiger partial charge is 0.152 e. The highest BCUT2D eigenvalue weighted by Crippen LogP contribution is 2.32. The van der Waals surface area contributed by atoms with E-state index in [-0.39, 0.29) is 16.5 Å². The Balaban J connectivity index is 2.42. The van der Waals surface area contributed by atoms with Gasteiger partial charge in [-0.3, -0.25) is 0 Å². The van der Waals surface area contributed by atoms with E-state index in [1.807, 2.05) is 0 Å². The Morgan fingerprint density at radius 2 is 1.92 bits per heavy atom. The van der Waals surface area contributed by atoms with Crippen molar-refractivity contribution in [3.8, 4) is 0 Å².